The van der Waals surface area contributed by atoms with Crippen molar-refractivity contribution in [3.05, 3.63) is 22.3 Å². The molecule has 0 aliphatic heterocycles. The number of hydrogen-bond donors (Lipinski definition) is 2. The van der Waals surface area contributed by atoms with Crippen molar-refractivity contribution in [1.82, 2.24) is 10.3 Å². The van der Waals surface area contributed by atoms with Gasteiger partial charge in [-0.25, -0.2) is 9.78 Å². The molecule has 0 radical (unpaired) electrons. The predicted octanol–water partition coefficient (Wildman–Crippen LogP) is 2.70. The topological polar surface area (TPSA) is 97.8 Å². The number of carbonyl (C=O) groups is 2. The molecule has 1 aromatic heterocycles. The fourth-order valence-electron chi connectivity index (χ4n) is 2.89. The van der Waals surface area contributed by atoms with Gasteiger partial charge in [0.2, 0.25) is 5.88 Å². The highest BCUT2D eigenvalue weighted by Gasteiger charge is 2.39. The van der Waals surface area contributed by atoms with Crippen molar-refractivity contribution in [1.29, 1.82) is 0 Å². The summed E-state index contributed by atoms with van der Waals surface area (Å²) in [4.78, 5) is 29.3. The molecule has 1 unspecified atom stereocenters. The minimum atomic E-state index is -1.08. The van der Waals surface area contributed by atoms with Crippen LogP contribution in [0.2, 0.25) is 0 Å². The van der Waals surface area contributed by atoms with E-state index in [-0.39, 0.29) is 24.8 Å². The van der Waals surface area contributed by atoms with Crippen LogP contribution in [0.1, 0.15) is 50.5 Å². The number of aliphatic hydroxyl groups is 1. The van der Waals surface area contributed by atoms with Crippen LogP contribution in [-0.2, 0) is 9.53 Å². The zero-order chi connectivity index (χ0) is 20.0. The second kappa shape index (κ2) is 9.50. The average Bonchev–Trinajstić information content (AvgIpc) is 3.44. The predicted molar refractivity (Wildman–Crippen MR) is 104 cm³/mol. The Labute approximate surface area is 168 Å². The highest BCUT2D eigenvalue weighted by molar-refractivity contribution is 9.10. The van der Waals surface area contributed by atoms with Gasteiger partial charge in [0.05, 0.1) is 17.7 Å². The van der Waals surface area contributed by atoms with E-state index in [2.05, 4.69) is 26.2 Å². The van der Waals surface area contributed by atoms with Gasteiger partial charge in [-0.1, -0.05) is 13.8 Å². The molecule has 0 bridgehead atoms. The van der Waals surface area contributed by atoms with Gasteiger partial charge in [0, 0.05) is 6.61 Å². The van der Waals surface area contributed by atoms with Gasteiger partial charge in [-0.15, -0.1) is 0 Å². The zero-order valence-corrected chi connectivity index (χ0v) is 17.5. The Morgan fingerprint density at radius 1 is 1.30 bits per heavy atom. The molecule has 0 saturated heterocycles. The smallest absolute Gasteiger partial charge is 0.331 e. The first kappa shape index (κ1) is 21.6. The molecule has 2 rings (SSSR count). The Bertz CT molecular complexity index is 678. The van der Waals surface area contributed by atoms with Crippen molar-refractivity contribution in [2.45, 2.75) is 45.6 Å². The molecule has 2 N–H and O–H groups in total. The van der Waals surface area contributed by atoms with Crippen LogP contribution in [0.15, 0.2) is 16.6 Å². The molecule has 8 heteroatoms. The lowest BCUT2D eigenvalue weighted by molar-refractivity contribution is -0.151. The van der Waals surface area contributed by atoms with Gasteiger partial charge in [-0.3, -0.25) is 4.79 Å². The Morgan fingerprint density at radius 2 is 2.00 bits per heavy atom. The van der Waals surface area contributed by atoms with E-state index in [1.54, 1.807) is 19.1 Å². The third kappa shape index (κ3) is 5.19. The molecule has 1 fully saturated rings. The molecule has 1 amide bonds. The SMILES string of the molecule is CCOC(=O)C(CC)(CC)NC(=O)c1ccc(Br)c(OCC2C[C@@H]2CO)n1. The normalized spacial score (nSPS) is 18.7. The molecule has 1 aromatic rings. The molecule has 1 aliphatic rings. The fraction of sp³-hybridized carbons (Fsp3) is 0.632. The summed E-state index contributed by atoms with van der Waals surface area (Å²) in [6, 6.07) is 3.26. The van der Waals surface area contributed by atoms with E-state index in [1.807, 2.05) is 13.8 Å². The maximum atomic E-state index is 12.7. The highest BCUT2D eigenvalue weighted by Crippen LogP contribution is 2.38. The second-order valence-electron chi connectivity index (χ2n) is 6.70. The summed E-state index contributed by atoms with van der Waals surface area (Å²) in [5, 5.41) is 11.9. The third-order valence-electron chi connectivity index (χ3n) is 5.01. The van der Waals surface area contributed by atoms with E-state index in [4.69, 9.17) is 14.6 Å². The van der Waals surface area contributed by atoms with Crippen molar-refractivity contribution in [3.8, 4) is 5.88 Å². The lowest BCUT2D eigenvalue weighted by atomic mass is 9.92. The molecule has 1 aliphatic carbocycles. The number of aliphatic hydroxyl groups excluding tert-OH is 1. The lowest BCUT2D eigenvalue weighted by Crippen LogP contribution is -2.54. The molecule has 27 heavy (non-hydrogen) atoms. The first-order chi connectivity index (χ1) is 12.9. The largest absolute Gasteiger partial charge is 0.477 e. The van der Waals surface area contributed by atoms with Gasteiger partial charge in [0.1, 0.15) is 11.2 Å². The van der Waals surface area contributed by atoms with Crippen LogP contribution < -0.4 is 10.1 Å². The average molecular weight is 443 g/mol. The monoisotopic (exact) mass is 442 g/mol. The maximum Gasteiger partial charge on any atom is 0.331 e. The summed E-state index contributed by atoms with van der Waals surface area (Å²) in [6.45, 7) is 6.25. The van der Waals surface area contributed by atoms with E-state index in [1.165, 1.54) is 0 Å². The van der Waals surface area contributed by atoms with E-state index in [0.29, 0.717) is 35.7 Å². The molecule has 0 aromatic carbocycles. The number of nitrogens with zero attached hydrogens (tertiary/aromatic N) is 1. The van der Waals surface area contributed by atoms with Crippen LogP contribution in [0.5, 0.6) is 5.88 Å². The van der Waals surface area contributed by atoms with Crippen LogP contribution >= 0.6 is 15.9 Å². The maximum absolute atomic E-state index is 12.7. The first-order valence-corrected chi connectivity index (χ1v) is 10.1. The Morgan fingerprint density at radius 3 is 2.56 bits per heavy atom. The van der Waals surface area contributed by atoms with E-state index < -0.39 is 17.4 Å². The molecule has 1 saturated carbocycles. The van der Waals surface area contributed by atoms with Crippen molar-refractivity contribution in [3.63, 3.8) is 0 Å². The van der Waals surface area contributed by atoms with Gasteiger partial charge in [-0.2, -0.15) is 0 Å². The minimum absolute atomic E-state index is 0.162. The number of halogens is 1. The molecule has 7 nitrogen and oxygen atoms in total. The molecule has 0 spiro atoms. The number of esters is 1. The quantitative estimate of drug-likeness (QED) is 0.540. The molecular weight excluding hydrogens is 416 g/mol. The summed E-state index contributed by atoms with van der Waals surface area (Å²) in [5.41, 5.74) is -0.913. The number of rotatable bonds is 10. The third-order valence-corrected chi connectivity index (χ3v) is 5.61. The lowest BCUT2D eigenvalue weighted by Gasteiger charge is -2.30. The number of nitrogens with one attached hydrogen (secondary N) is 1. The van der Waals surface area contributed by atoms with Crippen LogP contribution in [0.3, 0.4) is 0 Å². The number of ether oxygens (including phenoxy) is 2. The van der Waals surface area contributed by atoms with Crippen LogP contribution in [0.4, 0.5) is 0 Å². The Kier molecular flexibility index (Phi) is 7.61. The van der Waals surface area contributed by atoms with Crippen molar-refractivity contribution < 1.29 is 24.2 Å². The van der Waals surface area contributed by atoms with Gasteiger partial charge in [0.25, 0.3) is 5.91 Å². The Hall–Kier alpha value is -1.67. The number of hydrogen-bond acceptors (Lipinski definition) is 6. The minimum Gasteiger partial charge on any atom is -0.477 e. The van der Waals surface area contributed by atoms with Crippen molar-refractivity contribution >= 4 is 27.8 Å². The van der Waals surface area contributed by atoms with Crippen LogP contribution in [0.25, 0.3) is 0 Å². The van der Waals surface area contributed by atoms with Gasteiger partial charge in [-0.05, 0) is 66.1 Å². The number of aromatic nitrogens is 1. The standard InChI is InChI=1S/C19H27BrN2O5/c1-4-19(5-2,18(25)26-6-3)22-16(24)15-8-7-14(20)17(21-15)27-11-13-9-12(13)10-23/h7-8,12-13,23H,4-6,9-11H2,1-3H3,(H,22,24)/t12-,13?/m1/s1. The second-order valence-corrected chi connectivity index (χ2v) is 7.55. The molecule has 1 heterocycles. The Balaban J connectivity index is 2.10. The molecular formula is C19H27BrN2O5. The summed E-state index contributed by atoms with van der Waals surface area (Å²) >= 11 is 3.37. The number of amides is 1. The fourth-order valence-corrected chi connectivity index (χ4v) is 3.23. The van der Waals surface area contributed by atoms with Crippen molar-refractivity contribution in [2.24, 2.45) is 11.8 Å². The summed E-state index contributed by atoms with van der Waals surface area (Å²) < 4.78 is 11.5. The van der Waals surface area contributed by atoms with Gasteiger partial charge >= 0.3 is 5.97 Å². The first-order valence-electron chi connectivity index (χ1n) is 9.30. The van der Waals surface area contributed by atoms with Crippen molar-refractivity contribution in [2.75, 3.05) is 19.8 Å². The van der Waals surface area contributed by atoms with Crippen LogP contribution in [-0.4, -0.2) is 47.3 Å². The molecule has 2 atom stereocenters. The van der Waals surface area contributed by atoms with E-state index in [9.17, 15) is 9.59 Å². The zero-order valence-electron chi connectivity index (χ0n) is 16.0. The number of pyridine rings is 1. The summed E-state index contributed by atoms with van der Waals surface area (Å²) in [6.07, 6.45) is 1.76. The van der Waals surface area contributed by atoms with E-state index >= 15 is 0 Å². The summed E-state index contributed by atoms with van der Waals surface area (Å²) in [5.74, 6) is 0.0258. The molecule has 150 valence electrons. The van der Waals surface area contributed by atoms with Gasteiger partial charge < -0.3 is 19.9 Å². The van der Waals surface area contributed by atoms with Crippen LogP contribution in [0, 0.1) is 11.8 Å². The van der Waals surface area contributed by atoms with Gasteiger partial charge in [0.15, 0.2) is 0 Å². The summed E-state index contributed by atoms with van der Waals surface area (Å²) in [7, 11) is 0. The number of carbonyl (C=O) groups excluding carboxylic acids is 2. The van der Waals surface area contributed by atoms with E-state index in [0.717, 1.165) is 6.42 Å². The highest BCUT2D eigenvalue weighted by atomic mass is 79.9.